The fraction of sp³-hybridized carbons (Fsp3) is 1.00. The fourth-order valence-electron chi connectivity index (χ4n) is 1.39. The average Bonchev–Trinajstić information content (AvgIpc) is 1.99. The molecule has 0 aromatic heterocycles. The van der Waals surface area contributed by atoms with Crippen LogP contribution in [0.15, 0.2) is 0 Å². The molecule has 0 spiro atoms. The lowest BCUT2D eigenvalue weighted by molar-refractivity contribution is 0.252. The number of nitrogens with zero attached hydrogens (tertiary/aromatic N) is 1. The van der Waals surface area contributed by atoms with Gasteiger partial charge in [-0.1, -0.05) is 27.7 Å². The lowest BCUT2D eigenvalue weighted by atomic mass is 10.0. The van der Waals surface area contributed by atoms with Crippen LogP contribution < -0.4 is 0 Å². The Hall–Kier alpha value is -0.130. The summed E-state index contributed by atoms with van der Waals surface area (Å²) in [5.41, 5.74) is -0.250. The van der Waals surface area contributed by atoms with Crippen molar-refractivity contribution in [1.82, 2.24) is 4.31 Å². The minimum Gasteiger partial charge on any atom is -0.395 e. The fourth-order valence-corrected chi connectivity index (χ4v) is 3.49. The Labute approximate surface area is 93.3 Å². The zero-order valence-electron chi connectivity index (χ0n) is 10.2. The van der Waals surface area contributed by atoms with E-state index < -0.39 is 10.0 Å². The summed E-state index contributed by atoms with van der Waals surface area (Å²) < 4.78 is 25.3. The molecule has 0 heterocycles. The monoisotopic (exact) mass is 237 g/mol. The second-order valence-corrected chi connectivity index (χ2v) is 6.91. The molecule has 0 fully saturated rings. The van der Waals surface area contributed by atoms with E-state index in [-0.39, 0.29) is 24.3 Å². The molecule has 0 amide bonds. The van der Waals surface area contributed by atoms with E-state index in [2.05, 4.69) is 0 Å². The maximum Gasteiger partial charge on any atom is 0.214 e. The van der Waals surface area contributed by atoms with Gasteiger partial charge in [0.15, 0.2) is 0 Å². The Morgan fingerprint density at radius 2 is 1.73 bits per heavy atom. The average molecular weight is 237 g/mol. The first-order chi connectivity index (χ1) is 6.73. The molecule has 0 aromatic carbocycles. The molecule has 0 rings (SSSR count). The third-order valence-corrected chi connectivity index (χ3v) is 4.21. The molecular formula is C10H23NO3S. The van der Waals surface area contributed by atoms with Crippen LogP contribution in [0.5, 0.6) is 0 Å². The van der Waals surface area contributed by atoms with Crippen LogP contribution in [0.3, 0.4) is 0 Å². The summed E-state index contributed by atoms with van der Waals surface area (Å²) in [5.74, 6) is 0.125. The van der Waals surface area contributed by atoms with E-state index in [0.717, 1.165) is 6.42 Å². The van der Waals surface area contributed by atoms with E-state index in [1.165, 1.54) is 4.31 Å². The Kier molecular flexibility index (Phi) is 5.77. The van der Waals surface area contributed by atoms with Crippen LogP contribution in [0.25, 0.3) is 0 Å². The highest BCUT2D eigenvalue weighted by Crippen LogP contribution is 2.18. The summed E-state index contributed by atoms with van der Waals surface area (Å²) in [7, 11) is -3.23. The van der Waals surface area contributed by atoms with Crippen LogP contribution in [-0.2, 0) is 10.0 Å². The van der Waals surface area contributed by atoms with Crippen LogP contribution in [0.1, 0.15) is 34.1 Å². The first-order valence-corrected chi connectivity index (χ1v) is 6.92. The molecule has 0 unspecified atom stereocenters. The molecule has 0 aliphatic carbocycles. The highest BCUT2D eigenvalue weighted by Gasteiger charge is 2.26. The zero-order valence-corrected chi connectivity index (χ0v) is 11.0. The third kappa shape index (κ3) is 6.12. The van der Waals surface area contributed by atoms with E-state index in [1.807, 2.05) is 27.7 Å². The van der Waals surface area contributed by atoms with Gasteiger partial charge in [-0.25, -0.2) is 8.42 Å². The molecule has 0 aliphatic heterocycles. The number of aliphatic hydroxyl groups is 1. The molecule has 0 radical (unpaired) electrons. The summed E-state index contributed by atoms with van der Waals surface area (Å²) in [5, 5.41) is 8.82. The first-order valence-electron chi connectivity index (χ1n) is 5.31. The lowest BCUT2D eigenvalue weighted by Crippen LogP contribution is -2.39. The highest BCUT2D eigenvalue weighted by atomic mass is 32.2. The van der Waals surface area contributed by atoms with Gasteiger partial charge in [0, 0.05) is 13.1 Å². The zero-order chi connectivity index (χ0) is 12.1. The standard InChI is InChI=1S/C10H23NO3S/c1-5-6-11(7-8-12)15(13,14)9-10(2,3)4/h12H,5-9H2,1-4H3. The van der Waals surface area contributed by atoms with Crippen molar-refractivity contribution in [3.63, 3.8) is 0 Å². The van der Waals surface area contributed by atoms with Gasteiger partial charge in [-0.2, -0.15) is 4.31 Å². The van der Waals surface area contributed by atoms with Gasteiger partial charge in [0.05, 0.1) is 12.4 Å². The van der Waals surface area contributed by atoms with E-state index >= 15 is 0 Å². The van der Waals surface area contributed by atoms with Crippen molar-refractivity contribution in [3.8, 4) is 0 Å². The van der Waals surface area contributed by atoms with Crippen molar-refractivity contribution in [2.45, 2.75) is 34.1 Å². The molecule has 0 saturated heterocycles. The molecule has 0 saturated carbocycles. The first kappa shape index (κ1) is 14.9. The summed E-state index contributed by atoms with van der Waals surface area (Å²) >= 11 is 0. The Bertz CT molecular complexity index is 261. The number of rotatable bonds is 6. The second kappa shape index (κ2) is 5.82. The van der Waals surface area contributed by atoms with Crippen LogP contribution in [0.2, 0.25) is 0 Å². The number of hydrogen-bond donors (Lipinski definition) is 1. The van der Waals surface area contributed by atoms with Crippen molar-refractivity contribution in [3.05, 3.63) is 0 Å². The van der Waals surface area contributed by atoms with Crippen molar-refractivity contribution < 1.29 is 13.5 Å². The predicted molar refractivity (Wildman–Crippen MR) is 62.2 cm³/mol. The summed E-state index contributed by atoms with van der Waals surface area (Å²) in [6.45, 7) is 8.18. The largest absolute Gasteiger partial charge is 0.395 e. The van der Waals surface area contributed by atoms with Crippen LogP contribution in [-0.4, -0.2) is 43.3 Å². The summed E-state index contributed by atoms with van der Waals surface area (Å²) in [4.78, 5) is 0. The number of hydrogen-bond acceptors (Lipinski definition) is 3. The number of aliphatic hydroxyl groups excluding tert-OH is 1. The quantitative estimate of drug-likeness (QED) is 0.751. The van der Waals surface area contributed by atoms with Crippen LogP contribution in [0, 0.1) is 5.41 Å². The third-order valence-electron chi connectivity index (χ3n) is 1.83. The van der Waals surface area contributed by atoms with Crippen LogP contribution >= 0.6 is 0 Å². The van der Waals surface area contributed by atoms with E-state index in [0.29, 0.717) is 6.54 Å². The minimum absolute atomic E-state index is 0.122. The maximum absolute atomic E-state index is 11.9. The molecule has 0 aromatic rings. The SMILES string of the molecule is CCCN(CCO)S(=O)(=O)CC(C)(C)C. The summed E-state index contributed by atoms with van der Waals surface area (Å²) in [6.07, 6.45) is 0.767. The van der Waals surface area contributed by atoms with Gasteiger partial charge in [-0.05, 0) is 11.8 Å². The Morgan fingerprint density at radius 3 is 2.07 bits per heavy atom. The van der Waals surface area contributed by atoms with E-state index in [1.54, 1.807) is 0 Å². The topological polar surface area (TPSA) is 57.6 Å². The van der Waals surface area contributed by atoms with Gasteiger partial charge in [0.25, 0.3) is 0 Å². The van der Waals surface area contributed by atoms with Crippen molar-refractivity contribution in [1.29, 1.82) is 0 Å². The molecular weight excluding hydrogens is 214 g/mol. The molecule has 0 aliphatic rings. The van der Waals surface area contributed by atoms with Crippen molar-refractivity contribution in [2.24, 2.45) is 5.41 Å². The van der Waals surface area contributed by atoms with Gasteiger partial charge in [-0.15, -0.1) is 0 Å². The van der Waals surface area contributed by atoms with Crippen molar-refractivity contribution >= 4 is 10.0 Å². The van der Waals surface area contributed by atoms with Crippen LogP contribution in [0.4, 0.5) is 0 Å². The normalized spacial score (nSPS) is 13.5. The molecule has 92 valence electrons. The smallest absolute Gasteiger partial charge is 0.214 e. The lowest BCUT2D eigenvalue weighted by Gasteiger charge is -2.25. The molecule has 4 nitrogen and oxygen atoms in total. The number of sulfonamides is 1. The van der Waals surface area contributed by atoms with Gasteiger partial charge >= 0.3 is 0 Å². The van der Waals surface area contributed by atoms with Crippen molar-refractivity contribution in [2.75, 3.05) is 25.4 Å². The molecule has 5 heteroatoms. The molecule has 0 bridgehead atoms. The minimum atomic E-state index is -3.23. The molecule has 15 heavy (non-hydrogen) atoms. The molecule has 1 N–H and O–H groups in total. The van der Waals surface area contributed by atoms with Gasteiger partial charge in [0.1, 0.15) is 0 Å². The Balaban J connectivity index is 4.64. The Morgan fingerprint density at radius 1 is 1.20 bits per heavy atom. The van der Waals surface area contributed by atoms with Gasteiger partial charge in [-0.3, -0.25) is 0 Å². The van der Waals surface area contributed by atoms with E-state index in [4.69, 9.17) is 5.11 Å². The highest BCUT2D eigenvalue weighted by molar-refractivity contribution is 7.89. The predicted octanol–water partition coefficient (Wildman–Crippen LogP) is 1.07. The van der Waals surface area contributed by atoms with Gasteiger partial charge < -0.3 is 5.11 Å². The summed E-state index contributed by atoms with van der Waals surface area (Å²) in [6, 6.07) is 0. The molecule has 0 atom stereocenters. The second-order valence-electron chi connectivity index (χ2n) is 4.94. The van der Waals surface area contributed by atoms with E-state index in [9.17, 15) is 8.42 Å². The maximum atomic E-state index is 11.9. The van der Waals surface area contributed by atoms with Gasteiger partial charge in [0.2, 0.25) is 10.0 Å².